The van der Waals surface area contributed by atoms with Crippen LogP contribution >= 0.6 is 11.6 Å². The molecule has 0 fully saturated rings. The lowest BCUT2D eigenvalue weighted by Gasteiger charge is -2.06. The summed E-state index contributed by atoms with van der Waals surface area (Å²) in [4.78, 5) is 15.8. The van der Waals surface area contributed by atoms with Crippen molar-refractivity contribution in [1.82, 2.24) is 4.98 Å². The van der Waals surface area contributed by atoms with Gasteiger partial charge in [0.25, 0.3) is 0 Å². The molecule has 0 atom stereocenters. The molecule has 21 heavy (non-hydrogen) atoms. The molecule has 0 aliphatic rings. The largest absolute Gasteiger partial charge is 0.497 e. The van der Waals surface area contributed by atoms with Crippen LogP contribution in [0.25, 0.3) is 10.9 Å². The first-order valence-electron chi connectivity index (χ1n) is 6.35. The first kappa shape index (κ1) is 13.5. The van der Waals surface area contributed by atoms with E-state index in [1.165, 1.54) is 0 Å². The Balaban J connectivity index is 2.15. The van der Waals surface area contributed by atoms with Crippen molar-refractivity contribution in [1.29, 1.82) is 0 Å². The molecule has 5 heteroatoms. The Kier molecular flexibility index (Phi) is 3.31. The van der Waals surface area contributed by atoms with Gasteiger partial charge in [-0.15, -0.1) is 0 Å². The molecule has 0 unspecified atom stereocenters. The van der Waals surface area contributed by atoms with Crippen LogP contribution in [0.2, 0.25) is 5.02 Å². The molecule has 0 saturated carbocycles. The number of ether oxygens (including phenoxy) is 1. The van der Waals surface area contributed by atoms with Gasteiger partial charge in [-0.05, 0) is 30.3 Å². The fourth-order valence-electron chi connectivity index (χ4n) is 2.29. The van der Waals surface area contributed by atoms with E-state index in [-0.39, 0.29) is 5.78 Å². The smallest absolute Gasteiger partial charge is 0.197 e. The van der Waals surface area contributed by atoms with E-state index in [0.29, 0.717) is 27.6 Å². The molecule has 1 heterocycles. The number of nitrogens with two attached hydrogens (primary N) is 1. The van der Waals surface area contributed by atoms with Crippen LogP contribution in [0.5, 0.6) is 5.75 Å². The maximum atomic E-state index is 12.7. The van der Waals surface area contributed by atoms with Gasteiger partial charge in [-0.1, -0.05) is 17.7 Å². The van der Waals surface area contributed by atoms with Crippen molar-refractivity contribution in [3.8, 4) is 5.75 Å². The minimum absolute atomic E-state index is 0.172. The Morgan fingerprint density at radius 2 is 2.05 bits per heavy atom. The number of rotatable bonds is 3. The Bertz CT molecular complexity index is 839. The van der Waals surface area contributed by atoms with Gasteiger partial charge in [0.15, 0.2) is 5.78 Å². The van der Waals surface area contributed by atoms with Gasteiger partial charge in [0, 0.05) is 28.2 Å². The standard InChI is InChI=1S/C16H13ClN2O2/c1-21-9-5-6-14-11(7-9)12(8-19-14)16(20)10-3-2-4-13(17)15(10)18/h2-8,19H,18H2,1H3. The normalized spacial score (nSPS) is 10.8. The zero-order valence-electron chi connectivity index (χ0n) is 11.3. The quantitative estimate of drug-likeness (QED) is 0.573. The Labute approximate surface area is 126 Å². The third-order valence-corrected chi connectivity index (χ3v) is 3.76. The monoisotopic (exact) mass is 300 g/mol. The fourth-order valence-corrected chi connectivity index (χ4v) is 2.47. The minimum atomic E-state index is -0.172. The maximum Gasteiger partial charge on any atom is 0.197 e. The third-order valence-electron chi connectivity index (χ3n) is 3.43. The van der Waals surface area contributed by atoms with Gasteiger partial charge in [0.2, 0.25) is 0 Å². The van der Waals surface area contributed by atoms with E-state index >= 15 is 0 Å². The van der Waals surface area contributed by atoms with Crippen LogP contribution < -0.4 is 10.5 Å². The summed E-state index contributed by atoms with van der Waals surface area (Å²) in [5.74, 6) is 0.518. The zero-order chi connectivity index (χ0) is 15.0. The number of halogens is 1. The molecule has 2 aromatic carbocycles. The second-order valence-electron chi connectivity index (χ2n) is 4.64. The van der Waals surface area contributed by atoms with Gasteiger partial charge in [0.1, 0.15) is 5.75 Å². The number of H-pyrrole nitrogens is 1. The molecule has 1 aromatic heterocycles. The number of aromatic nitrogens is 1. The molecule has 3 rings (SSSR count). The second kappa shape index (κ2) is 5.14. The molecular formula is C16H13ClN2O2. The van der Waals surface area contributed by atoms with Crippen LogP contribution in [0, 0.1) is 0 Å². The van der Waals surface area contributed by atoms with Crippen LogP contribution in [0.4, 0.5) is 5.69 Å². The highest BCUT2D eigenvalue weighted by atomic mass is 35.5. The number of carbonyl (C=O) groups is 1. The van der Waals surface area contributed by atoms with E-state index in [4.69, 9.17) is 22.1 Å². The number of fused-ring (bicyclic) bond motifs is 1. The maximum absolute atomic E-state index is 12.7. The van der Waals surface area contributed by atoms with Crippen molar-refractivity contribution in [2.45, 2.75) is 0 Å². The third kappa shape index (κ3) is 2.23. The van der Waals surface area contributed by atoms with Crippen molar-refractivity contribution in [2.24, 2.45) is 0 Å². The highest BCUT2D eigenvalue weighted by molar-refractivity contribution is 6.34. The fraction of sp³-hybridized carbons (Fsp3) is 0.0625. The summed E-state index contributed by atoms with van der Waals surface area (Å²) < 4.78 is 5.20. The van der Waals surface area contributed by atoms with Gasteiger partial charge < -0.3 is 15.5 Å². The van der Waals surface area contributed by atoms with Crippen molar-refractivity contribution >= 4 is 34.0 Å². The average Bonchev–Trinajstić information content (AvgIpc) is 2.92. The number of para-hydroxylation sites is 1. The van der Waals surface area contributed by atoms with Gasteiger partial charge in [-0.3, -0.25) is 4.79 Å². The number of carbonyl (C=O) groups excluding carboxylic acids is 1. The minimum Gasteiger partial charge on any atom is -0.497 e. The summed E-state index contributed by atoms with van der Waals surface area (Å²) in [5, 5.41) is 1.16. The van der Waals surface area contributed by atoms with E-state index in [0.717, 1.165) is 10.9 Å². The van der Waals surface area contributed by atoms with E-state index in [2.05, 4.69) is 4.98 Å². The molecule has 0 spiro atoms. The lowest BCUT2D eigenvalue weighted by Crippen LogP contribution is -2.05. The van der Waals surface area contributed by atoms with E-state index in [9.17, 15) is 4.79 Å². The zero-order valence-corrected chi connectivity index (χ0v) is 12.1. The van der Waals surface area contributed by atoms with Crippen LogP contribution in [-0.2, 0) is 0 Å². The van der Waals surface area contributed by atoms with Crippen LogP contribution in [0.1, 0.15) is 15.9 Å². The van der Waals surface area contributed by atoms with Crippen molar-refractivity contribution in [3.63, 3.8) is 0 Å². The number of nitrogen functional groups attached to an aromatic ring is 1. The van der Waals surface area contributed by atoms with Crippen LogP contribution in [0.3, 0.4) is 0 Å². The Morgan fingerprint density at radius 3 is 2.81 bits per heavy atom. The number of anilines is 1. The number of nitrogens with one attached hydrogen (secondary N) is 1. The number of hydrogen-bond donors (Lipinski definition) is 2. The van der Waals surface area contributed by atoms with E-state index in [1.807, 2.05) is 18.2 Å². The molecule has 3 aromatic rings. The predicted molar refractivity (Wildman–Crippen MR) is 84.1 cm³/mol. The number of hydrogen-bond acceptors (Lipinski definition) is 3. The number of methoxy groups -OCH3 is 1. The number of ketones is 1. The molecule has 4 nitrogen and oxygen atoms in total. The summed E-state index contributed by atoms with van der Waals surface area (Å²) >= 11 is 5.98. The van der Waals surface area contributed by atoms with Gasteiger partial charge in [-0.25, -0.2) is 0 Å². The van der Waals surface area contributed by atoms with E-state index in [1.54, 1.807) is 31.5 Å². The molecule has 0 radical (unpaired) electrons. The van der Waals surface area contributed by atoms with Crippen molar-refractivity contribution in [3.05, 3.63) is 58.7 Å². The molecule has 0 bridgehead atoms. The number of aromatic amines is 1. The molecule has 0 aliphatic carbocycles. The molecule has 0 saturated heterocycles. The molecular weight excluding hydrogens is 288 g/mol. The topological polar surface area (TPSA) is 68.1 Å². The van der Waals surface area contributed by atoms with Gasteiger partial charge in [0.05, 0.1) is 17.8 Å². The Hall–Kier alpha value is -2.46. The predicted octanol–water partition coefficient (Wildman–Crippen LogP) is 3.64. The SMILES string of the molecule is COc1ccc2[nH]cc(C(=O)c3cccc(Cl)c3N)c2c1. The number of benzene rings is 2. The molecule has 3 N–H and O–H groups in total. The summed E-state index contributed by atoms with van der Waals surface area (Å²) in [5.41, 5.74) is 7.99. The first-order valence-corrected chi connectivity index (χ1v) is 6.73. The Morgan fingerprint density at radius 1 is 1.24 bits per heavy atom. The average molecular weight is 301 g/mol. The molecule has 106 valence electrons. The highest BCUT2D eigenvalue weighted by Crippen LogP contribution is 2.29. The van der Waals surface area contributed by atoms with Crippen LogP contribution in [0.15, 0.2) is 42.6 Å². The van der Waals surface area contributed by atoms with Gasteiger partial charge in [-0.2, -0.15) is 0 Å². The highest BCUT2D eigenvalue weighted by Gasteiger charge is 2.18. The molecule has 0 aliphatic heterocycles. The summed E-state index contributed by atoms with van der Waals surface area (Å²) in [7, 11) is 1.59. The molecule has 0 amide bonds. The lowest BCUT2D eigenvalue weighted by atomic mass is 10.0. The summed E-state index contributed by atoms with van der Waals surface area (Å²) in [6, 6.07) is 10.6. The van der Waals surface area contributed by atoms with Crippen molar-refractivity contribution < 1.29 is 9.53 Å². The van der Waals surface area contributed by atoms with Crippen molar-refractivity contribution in [2.75, 3.05) is 12.8 Å². The van der Waals surface area contributed by atoms with Gasteiger partial charge >= 0.3 is 0 Å². The van der Waals surface area contributed by atoms with Crippen LogP contribution in [-0.4, -0.2) is 17.9 Å². The first-order chi connectivity index (χ1) is 10.1. The second-order valence-corrected chi connectivity index (χ2v) is 5.05. The summed E-state index contributed by atoms with van der Waals surface area (Å²) in [6.07, 6.45) is 1.67. The van der Waals surface area contributed by atoms with E-state index < -0.39 is 0 Å². The summed E-state index contributed by atoms with van der Waals surface area (Å²) in [6.45, 7) is 0. The lowest BCUT2D eigenvalue weighted by molar-refractivity contribution is 0.104.